The van der Waals surface area contributed by atoms with E-state index >= 15 is 0 Å². The number of carbonyl (C=O) groups is 2. The van der Waals surface area contributed by atoms with Gasteiger partial charge >= 0.3 is 0 Å². The van der Waals surface area contributed by atoms with Gasteiger partial charge in [0, 0.05) is 24.1 Å². The predicted octanol–water partition coefficient (Wildman–Crippen LogP) is 4.09. The second kappa shape index (κ2) is 14.5. The average molecular weight is 635 g/mol. The highest BCUT2D eigenvalue weighted by molar-refractivity contribution is 6.00. The van der Waals surface area contributed by atoms with Crippen LogP contribution >= 0.6 is 0 Å². The van der Waals surface area contributed by atoms with Crippen LogP contribution in [0.1, 0.15) is 69.3 Å². The van der Waals surface area contributed by atoms with Crippen LogP contribution in [-0.4, -0.2) is 90.1 Å². The molecule has 2 aromatic carbocycles. The van der Waals surface area contributed by atoms with Crippen LogP contribution in [0.3, 0.4) is 0 Å². The molecular weight excluding hydrogens is 580 g/mol. The molecule has 4 fully saturated rings. The summed E-state index contributed by atoms with van der Waals surface area (Å²) >= 11 is 0. The zero-order valence-corrected chi connectivity index (χ0v) is 28.4. The van der Waals surface area contributed by atoms with Crippen molar-refractivity contribution in [1.29, 1.82) is 0 Å². The Morgan fingerprint density at radius 3 is 2.54 bits per heavy atom. The van der Waals surface area contributed by atoms with Gasteiger partial charge in [-0.15, -0.1) is 0 Å². The summed E-state index contributed by atoms with van der Waals surface area (Å²) in [5.74, 6) is 0.700. The van der Waals surface area contributed by atoms with Gasteiger partial charge in [0.1, 0.15) is 12.1 Å². The second-order valence-corrected chi connectivity index (χ2v) is 14.7. The molecule has 0 spiro atoms. The van der Waals surface area contributed by atoms with Crippen LogP contribution in [0.5, 0.6) is 0 Å². The molecule has 3 aliphatic carbocycles. The number of hydroxylamine groups is 2. The third kappa shape index (κ3) is 7.19. The summed E-state index contributed by atoms with van der Waals surface area (Å²) in [6.07, 6.45) is 2.55. The highest BCUT2D eigenvalue weighted by Crippen LogP contribution is 2.61. The van der Waals surface area contributed by atoms with Crippen molar-refractivity contribution in [2.24, 2.45) is 29.1 Å². The quantitative estimate of drug-likeness (QED) is 0.246. The molecule has 0 radical (unpaired) electrons. The lowest BCUT2D eigenvalue weighted by Crippen LogP contribution is -2.62. The third-order valence-electron chi connectivity index (χ3n) is 11.1. The molecule has 2 amide bonds. The van der Waals surface area contributed by atoms with Crippen molar-refractivity contribution < 1.29 is 24.6 Å². The van der Waals surface area contributed by atoms with Gasteiger partial charge in [0.15, 0.2) is 0 Å². The summed E-state index contributed by atoms with van der Waals surface area (Å²) < 4.78 is 0. The van der Waals surface area contributed by atoms with Crippen LogP contribution in [-0.2, 0) is 16.2 Å². The van der Waals surface area contributed by atoms with Crippen LogP contribution in [0, 0.1) is 29.1 Å². The minimum absolute atomic E-state index is 0.0768. The number of nitrogens with zero attached hydrogens (tertiary/aromatic N) is 2. The number of benzene rings is 2. The Kier molecular flexibility index (Phi) is 10.9. The maximum absolute atomic E-state index is 14.0. The molecule has 46 heavy (non-hydrogen) atoms. The predicted molar refractivity (Wildman–Crippen MR) is 180 cm³/mol. The number of hydrogen-bond donors (Lipinski definition) is 4. The van der Waals surface area contributed by atoms with Crippen LogP contribution in [0.2, 0.25) is 0 Å². The second-order valence-electron chi connectivity index (χ2n) is 14.7. The number of amides is 2. The molecule has 1 saturated heterocycles. The fourth-order valence-corrected chi connectivity index (χ4v) is 8.28. The molecule has 252 valence electrons. The topological polar surface area (TPSA) is 114 Å². The van der Waals surface area contributed by atoms with Gasteiger partial charge in [-0.2, -0.15) is 5.06 Å². The van der Waals surface area contributed by atoms with Crippen LogP contribution in [0.15, 0.2) is 48.5 Å². The largest absolute Gasteiger partial charge is 0.394 e. The average Bonchev–Trinajstić information content (AvgIpc) is 3.40. The Morgan fingerprint density at radius 2 is 1.87 bits per heavy atom. The van der Waals surface area contributed by atoms with E-state index in [4.69, 9.17) is 4.84 Å². The van der Waals surface area contributed by atoms with E-state index in [0.717, 1.165) is 42.5 Å². The molecule has 8 atom stereocenters. The van der Waals surface area contributed by atoms with E-state index in [1.54, 1.807) is 12.0 Å². The summed E-state index contributed by atoms with van der Waals surface area (Å²) in [5, 5.41) is 29.0. The highest BCUT2D eigenvalue weighted by atomic mass is 16.7. The van der Waals surface area contributed by atoms with Crippen molar-refractivity contribution >= 4 is 11.8 Å². The van der Waals surface area contributed by atoms with E-state index in [9.17, 15) is 19.8 Å². The van der Waals surface area contributed by atoms with Crippen LogP contribution < -0.4 is 10.6 Å². The Bertz CT molecular complexity index is 1360. The van der Waals surface area contributed by atoms with Gasteiger partial charge in [0.05, 0.1) is 19.3 Å². The molecule has 2 bridgehead atoms. The summed E-state index contributed by atoms with van der Waals surface area (Å²) in [4.78, 5) is 35.5. The van der Waals surface area contributed by atoms with Gasteiger partial charge in [0.25, 0.3) is 5.91 Å². The van der Waals surface area contributed by atoms with E-state index in [1.165, 1.54) is 6.42 Å². The minimum atomic E-state index is -0.853. The van der Waals surface area contributed by atoms with E-state index in [2.05, 4.69) is 36.3 Å². The molecule has 0 unspecified atom stereocenters. The smallest absolute Gasteiger partial charge is 0.251 e. The minimum Gasteiger partial charge on any atom is -0.394 e. The Balaban J connectivity index is 1.32. The summed E-state index contributed by atoms with van der Waals surface area (Å²) in [6.45, 7) is 10.2. The number of fused-ring (bicyclic) bond motifs is 2. The van der Waals surface area contributed by atoms with Crippen LogP contribution in [0.25, 0.3) is 11.1 Å². The number of rotatable bonds is 13. The number of unbranched alkanes of at least 4 members (excludes halogenated alkanes) is 1. The molecule has 3 saturated carbocycles. The fourth-order valence-electron chi connectivity index (χ4n) is 8.28. The third-order valence-corrected chi connectivity index (χ3v) is 11.1. The molecule has 4 N–H and O–H groups in total. The first-order chi connectivity index (χ1) is 21.9. The molecule has 0 aromatic heterocycles. The van der Waals surface area contributed by atoms with Gasteiger partial charge in [-0.25, -0.2) is 0 Å². The summed E-state index contributed by atoms with van der Waals surface area (Å²) in [6, 6.07) is 14.8. The summed E-state index contributed by atoms with van der Waals surface area (Å²) in [7, 11) is 4.09. The van der Waals surface area contributed by atoms with E-state index in [-0.39, 0.29) is 31.0 Å². The van der Waals surface area contributed by atoms with Crippen molar-refractivity contribution in [3.63, 3.8) is 0 Å². The lowest BCUT2D eigenvalue weighted by atomic mass is 9.45. The molecule has 4 aliphatic rings. The molecule has 1 aliphatic heterocycles. The van der Waals surface area contributed by atoms with Crippen molar-refractivity contribution in [1.82, 2.24) is 20.6 Å². The Hall–Kier alpha value is -2.82. The van der Waals surface area contributed by atoms with E-state index < -0.39 is 24.2 Å². The maximum atomic E-state index is 14.0. The molecule has 6 rings (SSSR count). The van der Waals surface area contributed by atoms with Crippen molar-refractivity contribution in [2.75, 3.05) is 33.8 Å². The zero-order valence-electron chi connectivity index (χ0n) is 28.4. The Labute approximate surface area is 274 Å². The molecule has 1 heterocycles. The highest BCUT2D eigenvalue weighted by Gasteiger charge is 2.57. The van der Waals surface area contributed by atoms with Crippen molar-refractivity contribution in [3.8, 4) is 11.1 Å². The van der Waals surface area contributed by atoms with Gasteiger partial charge in [-0.1, -0.05) is 57.2 Å². The van der Waals surface area contributed by atoms with E-state index in [1.807, 2.05) is 62.6 Å². The maximum Gasteiger partial charge on any atom is 0.251 e. The molecular formula is C37H54N4O5. The number of nitrogens with one attached hydrogen (secondary N) is 2. The van der Waals surface area contributed by atoms with Gasteiger partial charge in [-0.05, 0) is 105 Å². The summed E-state index contributed by atoms with van der Waals surface area (Å²) in [5.41, 5.74) is 3.53. The zero-order chi connectivity index (χ0) is 33.2. The van der Waals surface area contributed by atoms with Gasteiger partial charge in [0.2, 0.25) is 5.91 Å². The van der Waals surface area contributed by atoms with Gasteiger partial charge in [-0.3, -0.25) is 14.4 Å². The van der Waals surface area contributed by atoms with Crippen LogP contribution in [0.4, 0.5) is 0 Å². The SMILES string of the molecule is C[C@@H]1[C@@H](NC(=O)[C@@H]2[C@H]([C@H](C)O)[C@H](CO)ON2Cc2cccc(-c3ccccc3C(=O)NCCCCN(C)C)c2)C[C@H]2C[C@@H]1C2(C)C. The Morgan fingerprint density at radius 1 is 1.11 bits per heavy atom. The monoisotopic (exact) mass is 634 g/mol. The normalized spacial score (nSPS) is 29.3. The molecule has 9 heteroatoms. The molecule has 9 nitrogen and oxygen atoms in total. The van der Waals surface area contributed by atoms with Crippen molar-refractivity contribution in [3.05, 3.63) is 59.7 Å². The lowest BCUT2D eigenvalue weighted by Gasteiger charge is -2.62. The van der Waals surface area contributed by atoms with Gasteiger partial charge < -0.3 is 25.7 Å². The first kappa shape index (κ1) is 34.5. The molecule has 2 aromatic rings. The first-order valence-corrected chi connectivity index (χ1v) is 17.1. The number of aliphatic hydroxyl groups is 2. The fraction of sp³-hybridized carbons (Fsp3) is 0.622. The number of hydrogen-bond acceptors (Lipinski definition) is 7. The first-order valence-electron chi connectivity index (χ1n) is 17.1. The van der Waals surface area contributed by atoms with Crippen molar-refractivity contribution in [2.45, 2.75) is 84.2 Å². The van der Waals surface area contributed by atoms with E-state index in [0.29, 0.717) is 35.3 Å². The standard InChI is InChI=1S/C37H54N4O5/c1-23-30-19-27(37(30,3)4)20-31(23)39-36(45)34-33(24(2)43)32(22-42)46-41(34)21-25-12-11-13-26(18-25)28-14-7-8-15-29(28)35(44)38-16-9-10-17-40(5)6/h7-8,11-15,18,23-24,27,30-34,42-43H,9-10,16-17,19-22H2,1-6H3,(H,38,44)(H,39,45)/t23-,24-,27+,30-,31-,32-,33+,34-/m0/s1. The number of carbonyl (C=O) groups excluding carboxylic acids is 2. The number of aliphatic hydroxyl groups excluding tert-OH is 2. The lowest BCUT2D eigenvalue weighted by molar-refractivity contribution is -0.183.